The van der Waals surface area contributed by atoms with E-state index in [1.54, 1.807) is 13.1 Å². The summed E-state index contributed by atoms with van der Waals surface area (Å²) in [5, 5.41) is 11.6. The molecule has 3 rings (SSSR count). The van der Waals surface area contributed by atoms with Gasteiger partial charge in [-0.15, -0.1) is 0 Å². The van der Waals surface area contributed by atoms with Crippen molar-refractivity contribution < 1.29 is 5.11 Å². The topological polar surface area (TPSA) is 72.0 Å². The molecular weight excluding hydrogens is 250 g/mol. The van der Waals surface area contributed by atoms with E-state index in [2.05, 4.69) is 16.0 Å². The maximum atomic E-state index is 9.52. The molecule has 0 radical (unpaired) electrons. The molecule has 1 unspecified atom stereocenters. The number of pyridine rings is 2. The van der Waals surface area contributed by atoms with Gasteiger partial charge in [0.2, 0.25) is 0 Å². The molecule has 102 valence electrons. The summed E-state index contributed by atoms with van der Waals surface area (Å²) in [6.45, 7) is 3.80. The Balaban J connectivity index is 2.32. The average Bonchev–Trinajstić information content (AvgIpc) is 2.37. The van der Waals surface area contributed by atoms with Gasteiger partial charge in [0.25, 0.3) is 0 Å². The van der Waals surface area contributed by atoms with Gasteiger partial charge in [0.1, 0.15) is 5.52 Å². The molecule has 4 nitrogen and oxygen atoms in total. The first kappa shape index (κ1) is 12.8. The number of hydrogen-bond donors (Lipinski definition) is 2. The molecule has 0 fully saturated rings. The van der Waals surface area contributed by atoms with E-state index in [0.29, 0.717) is 12.2 Å². The molecule has 4 heteroatoms. The lowest BCUT2D eigenvalue weighted by Crippen LogP contribution is -2.05. The zero-order chi connectivity index (χ0) is 14.3. The highest BCUT2D eigenvalue weighted by Crippen LogP contribution is 2.27. The predicted molar refractivity (Wildman–Crippen MR) is 81.6 cm³/mol. The SMILES string of the molecule is Cc1ccc2c(c1)nc(N)c1ncc(CC(C)O)cc12. The number of benzene rings is 1. The molecule has 0 saturated carbocycles. The molecule has 1 aromatic carbocycles. The quantitative estimate of drug-likeness (QED) is 0.700. The summed E-state index contributed by atoms with van der Waals surface area (Å²) in [4.78, 5) is 8.83. The summed E-state index contributed by atoms with van der Waals surface area (Å²) >= 11 is 0. The van der Waals surface area contributed by atoms with Crippen LogP contribution in [0.2, 0.25) is 0 Å². The smallest absolute Gasteiger partial charge is 0.150 e. The minimum Gasteiger partial charge on any atom is -0.393 e. The number of anilines is 1. The number of aliphatic hydroxyl groups is 1. The summed E-state index contributed by atoms with van der Waals surface area (Å²) in [5.41, 5.74) is 9.75. The van der Waals surface area contributed by atoms with Crippen molar-refractivity contribution in [2.24, 2.45) is 0 Å². The van der Waals surface area contributed by atoms with Crippen molar-refractivity contribution in [2.45, 2.75) is 26.4 Å². The summed E-state index contributed by atoms with van der Waals surface area (Å²) in [5.74, 6) is 0.446. The lowest BCUT2D eigenvalue weighted by molar-refractivity contribution is 0.195. The third-order valence-electron chi connectivity index (χ3n) is 3.40. The van der Waals surface area contributed by atoms with E-state index in [1.165, 1.54) is 0 Å². The number of aromatic nitrogens is 2. The second-order valence-electron chi connectivity index (χ2n) is 5.31. The third kappa shape index (κ3) is 2.18. The summed E-state index contributed by atoms with van der Waals surface area (Å²) in [7, 11) is 0. The lowest BCUT2D eigenvalue weighted by Gasteiger charge is -2.09. The van der Waals surface area contributed by atoms with E-state index in [4.69, 9.17) is 5.73 Å². The van der Waals surface area contributed by atoms with Crippen molar-refractivity contribution in [3.8, 4) is 0 Å². The maximum Gasteiger partial charge on any atom is 0.150 e. The number of aliphatic hydroxyl groups excluding tert-OH is 1. The Labute approximate surface area is 117 Å². The van der Waals surface area contributed by atoms with E-state index in [0.717, 1.165) is 32.9 Å². The number of nitrogens with zero attached hydrogens (tertiary/aromatic N) is 2. The molecule has 2 aromatic heterocycles. The van der Waals surface area contributed by atoms with E-state index in [1.807, 2.05) is 25.1 Å². The number of fused-ring (bicyclic) bond motifs is 3. The highest BCUT2D eigenvalue weighted by atomic mass is 16.3. The molecule has 20 heavy (non-hydrogen) atoms. The molecule has 3 aromatic rings. The third-order valence-corrected chi connectivity index (χ3v) is 3.40. The molecule has 0 aliphatic heterocycles. The Morgan fingerprint density at radius 3 is 2.80 bits per heavy atom. The van der Waals surface area contributed by atoms with Crippen LogP contribution >= 0.6 is 0 Å². The van der Waals surface area contributed by atoms with Gasteiger partial charge in [-0.2, -0.15) is 0 Å². The van der Waals surface area contributed by atoms with Gasteiger partial charge in [0.15, 0.2) is 5.82 Å². The Morgan fingerprint density at radius 2 is 2.05 bits per heavy atom. The number of nitrogen functional groups attached to an aromatic ring is 1. The highest BCUT2D eigenvalue weighted by molar-refractivity contribution is 6.08. The van der Waals surface area contributed by atoms with Crippen molar-refractivity contribution in [2.75, 3.05) is 5.73 Å². The Kier molecular flexibility index (Phi) is 3.03. The van der Waals surface area contributed by atoms with Crippen LogP contribution in [0.4, 0.5) is 5.82 Å². The Hall–Kier alpha value is -2.20. The highest BCUT2D eigenvalue weighted by Gasteiger charge is 2.09. The predicted octanol–water partition coefficient (Wildman–Crippen LogP) is 2.60. The second-order valence-corrected chi connectivity index (χ2v) is 5.31. The summed E-state index contributed by atoms with van der Waals surface area (Å²) < 4.78 is 0. The molecule has 0 aliphatic carbocycles. The summed E-state index contributed by atoms with van der Waals surface area (Å²) in [6, 6.07) is 8.17. The van der Waals surface area contributed by atoms with Crippen molar-refractivity contribution in [1.82, 2.24) is 9.97 Å². The van der Waals surface area contributed by atoms with E-state index in [9.17, 15) is 5.11 Å². The van der Waals surface area contributed by atoms with Crippen LogP contribution < -0.4 is 5.73 Å². The first-order valence-electron chi connectivity index (χ1n) is 6.67. The van der Waals surface area contributed by atoms with Crippen LogP contribution in [-0.4, -0.2) is 21.2 Å². The molecule has 3 N–H and O–H groups in total. The zero-order valence-electron chi connectivity index (χ0n) is 11.6. The van der Waals surface area contributed by atoms with Crippen molar-refractivity contribution in [1.29, 1.82) is 0 Å². The molecule has 0 amide bonds. The molecule has 0 aliphatic rings. The Morgan fingerprint density at radius 1 is 1.25 bits per heavy atom. The minimum absolute atomic E-state index is 0.387. The van der Waals surface area contributed by atoms with Gasteiger partial charge < -0.3 is 10.8 Å². The number of hydrogen-bond acceptors (Lipinski definition) is 4. The monoisotopic (exact) mass is 267 g/mol. The van der Waals surface area contributed by atoms with Crippen LogP contribution in [0, 0.1) is 6.92 Å². The standard InChI is InChI=1S/C16H17N3O/c1-9-3-4-12-13-7-11(6-10(2)20)8-18-15(13)16(17)19-14(12)5-9/h3-5,7-8,10,20H,6H2,1-2H3,(H2,17,19). The van der Waals surface area contributed by atoms with E-state index >= 15 is 0 Å². The molecule has 0 bridgehead atoms. The second kappa shape index (κ2) is 4.72. The van der Waals surface area contributed by atoms with Gasteiger partial charge in [-0.05, 0) is 43.5 Å². The van der Waals surface area contributed by atoms with E-state index in [-0.39, 0.29) is 6.10 Å². The van der Waals surface area contributed by atoms with Gasteiger partial charge >= 0.3 is 0 Å². The fourth-order valence-electron chi connectivity index (χ4n) is 2.51. The summed E-state index contributed by atoms with van der Waals surface area (Å²) in [6.07, 6.45) is 1.95. The van der Waals surface area contributed by atoms with Gasteiger partial charge in [0, 0.05) is 17.0 Å². The van der Waals surface area contributed by atoms with E-state index < -0.39 is 0 Å². The van der Waals surface area contributed by atoms with Crippen LogP contribution in [0.25, 0.3) is 21.8 Å². The fraction of sp³-hybridized carbons (Fsp3) is 0.250. The van der Waals surface area contributed by atoms with Crippen LogP contribution in [0.5, 0.6) is 0 Å². The largest absolute Gasteiger partial charge is 0.393 e. The van der Waals surface area contributed by atoms with Crippen LogP contribution in [0.1, 0.15) is 18.1 Å². The van der Waals surface area contributed by atoms with Gasteiger partial charge in [0.05, 0.1) is 11.6 Å². The number of rotatable bonds is 2. The van der Waals surface area contributed by atoms with Crippen molar-refractivity contribution in [3.63, 3.8) is 0 Å². The number of aryl methyl sites for hydroxylation is 1. The fourth-order valence-corrected chi connectivity index (χ4v) is 2.51. The average molecular weight is 267 g/mol. The van der Waals surface area contributed by atoms with Crippen LogP contribution in [0.15, 0.2) is 30.5 Å². The minimum atomic E-state index is -0.387. The molecular formula is C16H17N3O. The van der Waals surface area contributed by atoms with Gasteiger partial charge in [-0.25, -0.2) is 4.98 Å². The van der Waals surface area contributed by atoms with Crippen LogP contribution in [-0.2, 0) is 6.42 Å². The first-order valence-corrected chi connectivity index (χ1v) is 6.67. The molecule has 0 spiro atoms. The van der Waals surface area contributed by atoms with Gasteiger partial charge in [-0.1, -0.05) is 12.1 Å². The molecule has 2 heterocycles. The Bertz CT molecular complexity index is 796. The van der Waals surface area contributed by atoms with Gasteiger partial charge in [-0.3, -0.25) is 4.98 Å². The molecule has 0 saturated heterocycles. The van der Waals surface area contributed by atoms with Crippen molar-refractivity contribution >= 4 is 27.6 Å². The maximum absolute atomic E-state index is 9.52. The molecule has 1 atom stereocenters. The first-order chi connectivity index (χ1) is 9.54. The normalized spacial score (nSPS) is 12.9. The van der Waals surface area contributed by atoms with Crippen LogP contribution in [0.3, 0.4) is 0 Å². The number of nitrogens with two attached hydrogens (primary N) is 1. The lowest BCUT2D eigenvalue weighted by atomic mass is 10.0. The van der Waals surface area contributed by atoms with Crippen molar-refractivity contribution in [3.05, 3.63) is 41.6 Å². The zero-order valence-corrected chi connectivity index (χ0v) is 11.6.